The minimum atomic E-state index is -3.70. The van der Waals surface area contributed by atoms with E-state index >= 15 is 0 Å². The topological polar surface area (TPSA) is 102 Å². The third-order valence-corrected chi connectivity index (χ3v) is 6.15. The van der Waals surface area contributed by atoms with E-state index in [1.807, 2.05) is 0 Å². The quantitative estimate of drug-likeness (QED) is 0.720. The molecule has 9 heteroatoms. The van der Waals surface area contributed by atoms with Gasteiger partial charge >= 0.3 is 5.97 Å². The average molecular weight is 382 g/mol. The monoisotopic (exact) mass is 382 g/mol. The number of hydrogen-bond acceptors (Lipinski definition) is 6. The van der Waals surface area contributed by atoms with Crippen LogP contribution in [0.15, 0.2) is 29.2 Å². The van der Waals surface area contributed by atoms with E-state index in [2.05, 4.69) is 5.32 Å². The third kappa shape index (κ3) is 4.40. The molecule has 2 fully saturated rings. The molecule has 142 valence electrons. The van der Waals surface area contributed by atoms with Crippen LogP contribution in [0.1, 0.15) is 30.1 Å². The number of benzene rings is 1. The van der Waals surface area contributed by atoms with E-state index in [1.54, 1.807) is 0 Å². The maximum Gasteiger partial charge on any atom is 0.338 e. The summed E-state index contributed by atoms with van der Waals surface area (Å²) in [5.41, 5.74) is 0.0883. The van der Waals surface area contributed by atoms with E-state index < -0.39 is 22.1 Å². The third-order valence-electron chi connectivity index (χ3n) is 4.25. The summed E-state index contributed by atoms with van der Waals surface area (Å²) in [6.45, 7) is 2.72. The fourth-order valence-corrected chi connectivity index (χ4v) is 4.00. The highest BCUT2D eigenvalue weighted by Gasteiger charge is 2.29. The summed E-state index contributed by atoms with van der Waals surface area (Å²) in [5.74, 6) is -1.08. The number of nitrogens with one attached hydrogen (secondary N) is 1. The highest BCUT2D eigenvalue weighted by atomic mass is 32.2. The van der Waals surface area contributed by atoms with E-state index in [0.717, 1.165) is 12.8 Å². The summed E-state index contributed by atoms with van der Waals surface area (Å²) >= 11 is 0. The number of nitrogens with zero attached hydrogens (tertiary/aromatic N) is 1. The van der Waals surface area contributed by atoms with E-state index in [0.29, 0.717) is 13.2 Å². The van der Waals surface area contributed by atoms with Crippen molar-refractivity contribution >= 4 is 21.9 Å². The fraction of sp³-hybridized carbons (Fsp3) is 0.529. The SMILES string of the molecule is C[C@H](OC(=O)c1cccc(S(=O)(=O)N2CCOCC2)c1)C(=O)NC1CC1. The van der Waals surface area contributed by atoms with Crippen LogP contribution in [-0.4, -0.2) is 63.0 Å². The molecule has 1 N–H and O–H groups in total. The Morgan fingerprint density at radius 2 is 1.96 bits per heavy atom. The molecule has 8 nitrogen and oxygen atoms in total. The largest absolute Gasteiger partial charge is 0.449 e. The number of carbonyl (C=O) groups is 2. The molecule has 0 spiro atoms. The van der Waals surface area contributed by atoms with Crippen LogP contribution < -0.4 is 5.32 Å². The summed E-state index contributed by atoms with van der Waals surface area (Å²) in [6, 6.07) is 5.83. The van der Waals surface area contributed by atoms with Gasteiger partial charge in [0.25, 0.3) is 5.91 Å². The molecule has 0 aromatic heterocycles. The zero-order valence-corrected chi connectivity index (χ0v) is 15.3. The molecule has 2 aliphatic rings. The molecule has 3 rings (SSSR count). The zero-order chi connectivity index (χ0) is 18.7. The molecule has 1 atom stereocenters. The average Bonchev–Trinajstić information content (AvgIpc) is 3.46. The standard InChI is InChI=1S/C17H22N2O6S/c1-12(16(20)18-14-5-6-14)25-17(21)13-3-2-4-15(11-13)26(22,23)19-7-9-24-10-8-19/h2-4,11-12,14H,5-10H2,1H3,(H,18,20)/t12-/m0/s1. The lowest BCUT2D eigenvalue weighted by molar-refractivity contribution is -0.129. The minimum absolute atomic E-state index is 0.0175. The Hall–Kier alpha value is -1.97. The minimum Gasteiger partial charge on any atom is -0.449 e. The second-order valence-corrected chi connectivity index (χ2v) is 8.31. The van der Waals surface area contributed by atoms with Crippen LogP contribution in [0.3, 0.4) is 0 Å². The molecule has 0 unspecified atom stereocenters. The number of ether oxygens (including phenoxy) is 2. The molecule has 1 aliphatic heterocycles. The predicted molar refractivity (Wildman–Crippen MR) is 92.1 cm³/mol. The summed E-state index contributed by atoms with van der Waals surface area (Å²) < 4.78 is 37.0. The normalized spacial score (nSPS) is 19.6. The van der Waals surface area contributed by atoms with Crippen LogP contribution in [0, 0.1) is 0 Å². The van der Waals surface area contributed by atoms with Gasteiger partial charge in [0.05, 0.1) is 23.7 Å². The van der Waals surface area contributed by atoms with Crippen molar-refractivity contribution in [2.24, 2.45) is 0 Å². The van der Waals surface area contributed by atoms with Gasteiger partial charge in [-0.25, -0.2) is 13.2 Å². The smallest absolute Gasteiger partial charge is 0.338 e. The number of rotatable bonds is 6. The Kier molecular flexibility index (Phi) is 5.59. The van der Waals surface area contributed by atoms with Crippen LogP contribution in [-0.2, 0) is 24.3 Å². The molecule has 0 bridgehead atoms. The molecule has 1 heterocycles. The maximum absolute atomic E-state index is 12.7. The van der Waals surface area contributed by atoms with Gasteiger partial charge in [0.15, 0.2) is 6.10 Å². The molecular formula is C17H22N2O6S. The van der Waals surface area contributed by atoms with Crippen molar-refractivity contribution < 1.29 is 27.5 Å². The second kappa shape index (κ2) is 7.73. The van der Waals surface area contributed by atoms with Crippen molar-refractivity contribution in [2.45, 2.75) is 36.8 Å². The molecule has 26 heavy (non-hydrogen) atoms. The Labute approximate surface area is 152 Å². The second-order valence-electron chi connectivity index (χ2n) is 6.37. The first-order valence-electron chi connectivity index (χ1n) is 8.57. The number of sulfonamides is 1. The highest BCUT2D eigenvalue weighted by molar-refractivity contribution is 7.89. The lowest BCUT2D eigenvalue weighted by atomic mass is 10.2. The van der Waals surface area contributed by atoms with E-state index in [1.165, 1.54) is 35.5 Å². The first-order valence-corrected chi connectivity index (χ1v) is 10.0. The van der Waals surface area contributed by atoms with E-state index in [9.17, 15) is 18.0 Å². The Morgan fingerprint density at radius 1 is 1.27 bits per heavy atom. The lowest BCUT2D eigenvalue weighted by Crippen LogP contribution is -2.40. The number of amides is 1. The van der Waals surface area contributed by atoms with Gasteiger partial charge in [-0.05, 0) is 38.0 Å². The maximum atomic E-state index is 12.7. The number of hydrogen-bond donors (Lipinski definition) is 1. The van der Waals surface area contributed by atoms with Crippen molar-refractivity contribution in [1.29, 1.82) is 0 Å². The van der Waals surface area contributed by atoms with Crippen LogP contribution in [0.2, 0.25) is 0 Å². The van der Waals surface area contributed by atoms with Crippen molar-refractivity contribution in [3.05, 3.63) is 29.8 Å². The van der Waals surface area contributed by atoms with Gasteiger partial charge in [-0.2, -0.15) is 4.31 Å². The Morgan fingerprint density at radius 3 is 2.62 bits per heavy atom. The molecule has 1 saturated heterocycles. The van der Waals surface area contributed by atoms with Crippen molar-refractivity contribution in [2.75, 3.05) is 26.3 Å². The summed E-state index contributed by atoms with van der Waals surface area (Å²) in [4.78, 5) is 24.2. The number of esters is 1. The Bertz CT molecular complexity index is 784. The van der Waals surface area contributed by atoms with Gasteiger partial charge < -0.3 is 14.8 Å². The van der Waals surface area contributed by atoms with Gasteiger partial charge in [-0.3, -0.25) is 4.79 Å². The van der Waals surface area contributed by atoms with Gasteiger partial charge in [-0.15, -0.1) is 0 Å². The van der Waals surface area contributed by atoms with Gasteiger partial charge in [0.1, 0.15) is 0 Å². The lowest BCUT2D eigenvalue weighted by Gasteiger charge is -2.26. The first-order chi connectivity index (χ1) is 12.4. The summed E-state index contributed by atoms with van der Waals surface area (Å²) in [6.07, 6.45) is 0.935. The van der Waals surface area contributed by atoms with Crippen LogP contribution in [0.4, 0.5) is 0 Å². The molecule has 1 aromatic carbocycles. The number of morpholine rings is 1. The van der Waals surface area contributed by atoms with Crippen LogP contribution in [0.5, 0.6) is 0 Å². The fourth-order valence-electron chi connectivity index (χ4n) is 2.55. The summed E-state index contributed by atoms with van der Waals surface area (Å²) in [5, 5.41) is 2.76. The predicted octanol–water partition coefficient (Wildman–Crippen LogP) is 0.531. The Balaban J connectivity index is 1.69. The first kappa shape index (κ1) is 18.8. The van der Waals surface area contributed by atoms with E-state index in [4.69, 9.17) is 9.47 Å². The van der Waals surface area contributed by atoms with Gasteiger partial charge in [0, 0.05) is 19.1 Å². The molecule has 1 aliphatic carbocycles. The molecule has 0 radical (unpaired) electrons. The van der Waals surface area contributed by atoms with Crippen LogP contribution in [0.25, 0.3) is 0 Å². The molecule has 1 saturated carbocycles. The van der Waals surface area contributed by atoms with Crippen LogP contribution >= 0.6 is 0 Å². The van der Waals surface area contributed by atoms with Crippen molar-refractivity contribution in [3.63, 3.8) is 0 Å². The van der Waals surface area contributed by atoms with Gasteiger partial charge in [0.2, 0.25) is 10.0 Å². The highest BCUT2D eigenvalue weighted by Crippen LogP contribution is 2.20. The number of carbonyl (C=O) groups excluding carboxylic acids is 2. The zero-order valence-electron chi connectivity index (χ0n) is 14.5. The van der Waals surface area contributed by atoms with Crippen molar-refractivity contribution in [1.82, 2.24) is 9.62 Å². The molecule has 1 amide bonds. The summed E-state index contributed by atoms with van der Waals surface area (Å²) in [7, 11) is -3.70. The molecular weight excluding hydrogens is 360 g/mol. The molecule has 1 aromatic rings. The van der Waals surface area contributed by atoms with Gasteiger partial charge in [-0.1, -0.05) is 6.07 Å². The van der Waals surface area contributed by atoms with Crippen molar-refractivity contribution in [3.8, 4) is 0 Å². The van der Waals surface area contributed by atoms with E-state index in [-0.39, 0.29) is 35.5 Å².